The molecule has 0 aliphatic rings. The Bertz CT molecular complexity index is 528. The Balaban J connectivity index is 1.98. The van der Waals surface area contributed by atoms with Crippen molar-refractivity contribution < 1.29 is 0 Å². The Morgan fingerprint density at radius 2 is 1.58 bits per heavy atom. The molecule has 0 saturated heterocycles. The van der Waals surface area contributed by atoms with Crippen LogP contribution in [0.4, 0.5) is 0 Å². The highest BCUT2D eigenvalue weighted by atomic mass is 14.9. The molecule has 0 aromatic heterocycles. The molecule has 0 unspecified atom stereocenters. The summed E-state index contributed by atoms with van der Waals surface area (Å²) in [6, 6.07) is 22.5. The largest absolute Gasteiger partial charge is 0.295 e. The first-order valence-corrected chi connectivity index (χ1v) is 6.54. The van der Waals surface area contributed by atoms with E-state index in [0.717, 1.165) is 12.0 Å². The van der Waals surface area contributed by atoms with Crippen molar-refractivity contribution in [3.63, 3.8) is 0 Å². The molecule has 2 rings (SSSR count). The molecular formula is C17H18N2. The maximum absolute atomic E-state index is 9.28. The zero-order chi connectivity index (χ0) is 13.5. The van der Waals surface area contributed by atoms with E-state index in [1.807, 2.05) is 48.5 Å². The molecule has 0 bridgehead atoms. The second-order valence-corrected chi connectivity index (χ2v) is 4.73. The second-order valence-electron chi connectivity index (χ2n) is 4.73. The highest BCUT2D eigenvalue weighted by Gasteiger charge is 2.13. The zero-order valence-electron chi connectivity index (χ0n) is 11.1. The first kappa shape index (κ1) is 13.3. The second kappa shape index (κ2) is 6.72. The molecule has 19 heavy (non-hydrogen) atoms. The van der Waals surface area contributed by atoms with Crippen molar-refractivity contribution in [3.05, 3.63) is 71.8 Å². The van der Waals surface area contributed by atoms with Crippen molar-refractivity contribution in [2.24, 2.45) is 0 Å². The number of hydrogen-bond donors (Lipinski definition) is 1. The third-order valence-electron chi connectivity index (χ3n) is 3.10. The monoisotopic (exact) mass is 250 g/mol. The minimum absolute atomic E-state index is 0.250. The number of hydrogen-bond acceptors (Lipinski definition) is 2. The van der Waals surface area contributed by atoms with E-state index in [0.29, 0.717) is 0 Å². The predicted molar refractivity (Wildman–Crippen MR) is 77.5 cm³/mol. The van der Waals surface area contributed by atoms with E-state index in [2.05, 4.69) is 30.4 Å². The van der Waals surface area contributed by atoms with Crippen LogP contribution in [0.15, 0.2) is 60.7 Å². The number of nitrogens with zero attached hydrogens (tertiary/aromatic N) is 1. The van der Waals surface area contributed by atoms with Crippen LogP contribution in [0.5, 0.6) is 0 Å². The molecule has 0 amide bonds. The third-order valence-corrected chi connectivity index (χ3v) is 3.10. The standard InChI is InChI=1S/C17H18N2/c1-14(12-15-8-4-2-5-9-15)19-17(13-18)16-10-6-3-7-11-16/h2-11,14,17,19H,12H2,1H3/t14-,17+/m1/s1. The average Bonchev–Trinajstić information content (AvgIpc) is 2.47. The summed E-state index contributed by atoms with van der Waals surface area (Å²) in [5.41, 5.74) is 2.30. The predicted octanol–water partition coefficient (Wildman–Crippen LogP) is 3.47. The van der Waals surface area contributed by atoms with Crippen LogP contribution in [-0.4, -0.2) is 6.04 Å². The van der Waals surface area contributed by atoms with E-state index in [1.165, 1.54) is 5.56 Å². The summed E-state index contributed by atoms with van der Waals surface area (Å²) in [7, 11) is 0. The first-order chi connectivity index (χ1) is 9.29. The smallest absolute Gasteiger partial charge is 0.121 e. The summed E-state index contributed by atoms with van der Waals surface area (Å²) in [6.07, 6.45) is 0.922. The maximum atomic E-state index is 9.28. The Morgan fingerprint density at radius 3 is 2.16 bits per heavy atom. The molecule has 2 aromatic rings. The molecule has 0 aliphatic heterocycles. The molecule has 0 heterocycles. The molecule has 1 N–H and O–H groups in total. The lowest BCUT2D eigenvalue weighted by Gasteiger charge is -2.18. The Morgan fingerprint density at radius 1 is 1.00 bits per heavy atom. The summed E-state index contributed by atoms with van der Waals surface area (Å²) in [4.78, 5) is 0. The highest BCUT2D eigenvalue weighted by molar-refractivity contribution is 5.24. The van der Waals surface area contributed by atoms with Crippen molar-refractivity contribution in [2.45, 2.75) is 25.4 Å². The summed E-state index contributed by atoms with van der Waals surface area (Å²) in [6.45, 7) is 2.11. The van der Waals surface area contributed by atoms with Gasteiger partial charge in [-0.3, -0.25) is 5.32 Å². The van der Waals surface area contributed by atoms with Crippen LogP contribution in [0.25, 0.3) is 0 Å². The molecular weight excluding hydrogens is 232 g/mol. The topological polar surface area (TPSA) is 35.8 Å². The minimum Gasteiger partial charge on any atom is -0.295 e. The fraction of sp³-hybridized carbons (Fsp3) is 0.235. The maximum Gasteiger partial charge on any atom is 0.121 e. The van der Waals surface area contributed by atoms with Crippen molar-refractivity contribution in [2.75, 3.05) is 0 Å². The van der Waals surface area contributed by atoms with Gasteiger partial charge >= 0.3 is 0 Å². The lowest BCUT2D eigenvalue weighted by molar-refractivity contribution is 0.510. The van der Waals surface area contributed by atoms with Gasteiger partial charge in [0, 0.05) is 6.04 Å². The Kier molecular flexibility index (Phi) is 4.72. The van der Waals surface area contributed by atoms with Gasteiger partial charge in [0.25, 0.3) is 0 Å². The van der Waals surface area contributed by atoms with Crippen LogP contribution in [0.3, 0.4) is 0 Å². The fourth-order valence-corrected chi connectivity index (χ4v) is 2.16. The van der Waals surface area contributed by atoms with Gasteiger partial charge in [-0.15, -0.1) is 0 Å². The van der Waals surface area contributed by atoms with Gasteiger partial charge in [0.15, 0.2) is 0 Å². The van der Waals surface area contributed by atoms with E-state index in [1.54, 1.807) is 0 Å². The van der Waals surface area contributed by atoms with Gasteiger partial charge in [-0.2, -0.15) is 5.26 Å². The average molecular weight is 250 g/mol. The van der Waals surface area contributed by atoms with Crippen LogP contribution in [-0.2, 0) is 6.42 Å². The summed E-state index contributed by atoms with van der Waals surface area (Å²) >= 11 is 0. The molecule has 2 atom stereocenters. The summed E-state index contributed by atoms with van der Waals surface area (Å²) < 4.78 is 0. The van der Waals surface area contributed by atoms with Gasteiger partial charge in [0.05, 0.1) is 6.07 Å². The van der Waals surface area contributed by atoms with Gasteiger partial charge in [0.2, 0.25) is 0 Å². The lowest BCUT2D eigenvalue weighted by Crippen LogP contribution is -2.31. The van der Waals surface area contributed by atoms with Crippen molar-refractivity contribution >= 4 is 0 Å². The van der Waals surface area contributed by atoms with Gasteiger partial charge in [-0.1, -0.05) is 60.7 Å². The van der Waals surface area contributed by atoms with E-state index >= 15 is 0 Å². The molecule has 2 nitrogen and oxygen atoms in total. The molecule has 2 heteroatoms. The highest BCUT2D eigenvalue weighted by Crippen LogP contribution is 2.13. The minimum atomic E-state index is -0.250. The van der Waals surface area contributed by atoms with Gasteiger partial charge in [-0.25, -0.2) is 0 Å². The number of benzene rings is 2. The molecule has 0 fully saturated rings. The molecule has 0 radical (unpaired) electrons. The van der Waals surface area contributed by atoms with Gasteiger partial charge in [-0.05, 0) is 24.5 Å². The molecule has 2 aromatic carbocycles. The van der Waals surface area contributed by atoms with E-state index in [4.69, 9.17) is 0 Å². The van der Waals surface area contributed by atoms with Crippen LogP contribution in [0.2, 0.25) is 0 Å². The molecule has 0 spiro atoms. The van der Waals surface area contributed by atoms with Crippen molar-refractivity contribution in [3.8, 4) is 6.07 Å². The fourth-order valence-electron chi connectivity index (χ4n) is 2.16. The quantitative estimate of drug-likeness (QED) is 0.882. The van der Waals surface area contributed by atoms with Crippen LogP contribution >= 0.6 is 0 Å². The molecule has 0 aliphatic carbocycles. The SMILES string of the molecule is C[C@H](Cc1ccccc1)N[C@@H](C#N)c1ccccc1. The van der Waals surface area contributed by atoms with E-state index in [9.17, 15) is 5.26 Å². The van der Waals surface area contributed by atoms with E-state index < -0.39 is 0 Å². The van der Waals surface area contributed by atoms with Gasteiger partial charge < -0.3 is 0 Å². The number of nitrogens with one attached hydrogen (secondary N) is 1. The van der Waals surface area contributed by atoms with Crippen LogP contribution in [0, 0.1) is 11.3 Å². The zero-order valence-corrected chi connectivity index (χ0v) is 11.1. The Hall–Kier alpha value is -2.11. The lowest BCUT2D eigenvalue weighted by atomic mass is 10.0. The van der Waals surface area contributed by atoms with Gasteiger partial charge in [0.1, 0.15) is 6.04 Å². The Labute approximate surface area is 114 Å². The van der Waals surface area contributed by atoms with E-state index in [-0.39, 0.29) is 12.1 Å². The van der Waals surface area contributed by atoms with Crippen LogP contribution < -0.4 is 5.32 Å². The third kappa shape index (κ3) is 3.94. The summed E-state index contributed by atoms with van der Waals surface area (Å²) in [5, 5.41) is 12.7. The van der Waals surface area contributed by atoms with Crippen LogP contribution in [0.1, 0.15) is 24.1 Å². The number of rotatable bonds is 5. The normalized spacial score (nSPS) is 13.5. The first-order valence-electron chi connectivity index (χ1n) is 6.54. The summed E-state index contributed by atoms with van der Waals surface area (Å²) in [5.74, 6) is 0. The van der Waals surface area contributed by atoms with Crippen molar-refractivity contribution in [1.29, 1.82) is 5.26 Å². The molecule has 0 saturated carbocycles. The number of nitriles is 1. The molecule has 96 valence electrons. The van der Waals surface area contributed by atoms with Crippen molar-refractivity contribution in [1.82, 2.24) is 5.32 Å².